The molecule has 2 aromatic rings. The Morgan fingerprint density at radius 3 is 2.87 bits per heavy atom. The summed E-state index contributed by atoms with van der Waals surface area (Å²) in [5.74, 6) is 0.893. The third-order valence-corrected chi connectivity index (χ3v) is 2.67. The van der Waals surface area contributed by atoms with Crippen LogP contribution in [0.15, 0.2) is 18.3 Å². The number of fused-ring (bicyclic) bond motifs is 1. The molecule has 0 atom stereocenters. The lowest BCUT2D eigenvalue weighted by Crippen LogP contribution is -2.02. The molecular formula is C12H16N2O. The first-order valence-corrected chi connectivity index (χ1v) is 5.11. The lowest BCUT2D eigenvalue weighted by atomic mass is 10.1. The normalized spacial score (nSPS) is 10.9. The fourth-order valence-electron chi connectivity index (χ4n) is 1.86. The molecule has 0 aliphatic heterocycles. The molecule has 3 heteroatoms. The van der Waals surface area contributed by atoms with Gasteiger partial charge in [-0.2, -0.15) is 0 Å². The number of methoxy groups -OCH3 is 1. The maximum atomic E-state index is 5.56. The quantitative estimate of drug-likeness (QED) is 0.803. The monoisotopic (exact) mass is 204 g/mol. The minimum atomic E-state index is 0.665. The van der Waals surface area contributed by atoms with Crippen LogP contribution in [0.3, 0.4) is 0 Å². The molecule has 1 aromatic carbocycles. The van der Waals surface area contributed by atoms with Gasteiger partial charge in [0, 0.05) is 11.6 Å². The Morgan fingerprint density at radius 1 is 1.40 bits per heavy atom. The van der Waals surface area contributed by atoms with Crippen LogP contribution in [-0.2, 0) is 6.42 Å². The van der Waals surface area contributed by atoms with Gasteiger partial charge in [0.1, 0.15) is 5.75 Å². The molecule has 0 aliphatic carbocycles. The highest BCUT2D eigenvalue weighted by Crippen LogP contribution is 2.28. The maximum absolute atomic E-state index is 5.56. The molecule has 3 nitrogen and oxygen atoms in total. The first-order chi connectivity index (χ1) is 7.26. The van der Waals surface area contributed by atoms with Crippen molar-refractivity contribution >= 4 is 10.9 Å². The molecule has 0 amide bonds. The summed E-state index contributed by atoms with van der Waals surface area (Å²) in [6, 6.07) is 4.22. The molecule has 0 radical (unpaired) electrons. The highest BCUT2D eigenvalue weighted by Gasteiger charge is 2.07. The number of nitrogens with two attached hydrogens (primary N) is 1. The molecule has 15 heavy (non-hydrogen) atoms. The van der Waals surface area contributed by atoms with Gasteiger partial charge in [0.05, 0.1) is 12.6 Å². The van der Waals surface area contributed by atoms with Crippen molar-refractivity contribution in [3.63, 3.8) is 0 Å². The maximum Gasteiger partial charge on any atom is 0.143 e. The van der Waals surface area contributed by atoms with E-state index in [0.29, 0.717) is 6.54 Å². The van der Waals surface area contributed by atoms with E-state index in [4.69, 9.17) is 10.5 Å². The van der Waals surface area contributed by atoms with E-state index in [2.05, 4.69) is 18.0 Å². The minimum absolute atomic E-state index is 0.665. The van der Waals surface area contributed by atoms with Crippen molar-refractivity contribution in [2.24, 2.45) is 5.73 Å². The Bertz CT molecular complexity index is 474. The van der Waals surface area contributed by atoms with Crippen LogP contribution in [0.2, 0.25) is 0 Å². The standard InChI is InChI=1S/C12H16N2O/c1-8-7-14-12-10(8)5-9(3-4-13)6-11(12)15-2/h5-7,14H,3-4,13H2,1-2H3. The summed E-state index contributed by atoms with van der Waals surface area (Å²) in [5, 5.41) is 1.22. The van der Waals surface area contributed by atoms with E-state index in [1.807, 2.05) is 12.3 Å². The van der Waals surface area contributed by atoms with Crippen LogP contribution in [0.4, 0.5) is 0 Å². The van der Waals surface area contributed by atoms with Crippen LogP contribution >= 0.6 is 0 Å². The highest BCUT2D eigenvalue weighted by atomic mass is 16.5. The van der Waals surface area contributed by atoms with Gasteiger partial charge in [0.15, 0.2) is 0 Å². The number of benzene rings is 1. The summed E-state index contributed by atoms with van der Waals surface area (Å²) in [7, 11) is 1.69. The van der Waals surface area contributed by atoms with E-state index >= 15 is 0 Å². The number of aryl methyl sites for hydroxylation is 1. The summed E-state index contributed by atoms with van der Waals surface area (Å²) in [6.07, 6.45) is 2.89. The van der Waals surface area contributed by atoms with Gasteiger partial charge in [-0.15, -0.1) is 0 Å². The second-order valence-corrected chi connectivity index (χ2v) is 3.73. The van der Waals surface area contributed by atoms with Crippen molar-refractivity contribution in [1.82, 2.24) is 4.98 Å². The van der Waals surface area contributed by atoms with Crippen molar-refractivity contribution in [3.05, 3.63) is 29.5 Å². The van der Waals surface area contributed by atoms with Crippen molar-refractivity contribution in [2.45, 2.75) is 13.3 Å². The number of H-pyrrole nitrogens is 1. The van der Waals surface area contributed by atoms with E-state index in [9.17, 15) is 0 Å². The number of ether oxygens (including phenoxy) is 1. The van der Waals surface area contributed by atoms with Gasteiger partial charge in [-0.3, -0.25) is 0 Å². The Morgan fingerprint density at radius 2 is 2.20 bits per heavy atom. The highest BCUT2D eigenvalue weighted by molar-refractivity contribution is 5.89. The molecule has 0 bridgehead atoms. The molecule has 0 unspecified atom stereocenters. The molecule has 2 rings (SSSR count). The van der Waals surface area contributed by atoms with Crippen LogP contribution in [0.25, 0.3) is 10.9 Å². The number of aromatic nitrogens is 1. The SMILES string of the molecule is COc1cc(CCN)cc2c(C)c[nH]c12. The first-order valence-electron chi connectivity index (χ1n) is 5.11. The number of aromatic amines is 1. The second-order valence-electron chi connectivity index (χ2n) is 3.73. The molecule has 0 fully saturated rings. The summed E-state index contributed by atoms with van der Waals surface area (Å²) >= 11 is 0. The van der Waals surface area contributed by atoms with E-state index in [0.717, 1.165) is 17.7 Å². The molecule has 3 N–H and O–H groups in total. The van der Waals surface area contributed by atoms with Gasteiger partial charge in [-0.25, -0.2) is 0 Å². The largest absolute Gasteiger partial charge is 0.495 e. The Labute approximate surface area is 89.2 Å². The minimum Gasteiger partial charge on any atom is -0.495 e. The average molecular weight is 204 g/mol. The summed E-state index contributed by atoms with van der Waals surface area (Å²) < 4.78 is 5.36. The number of rotatable bonds is 3. The van der Waals surface area contributed by atoms with E-state index in [-0.39, 0.29) is 0 Å². The average Bonchev–Trinajstić information content (AvgIpc) is 2.60. The van der Waals surface area contributed by atoms with Crippen LogP contribution in [0.5, 0.6) is 5.75 Å². The van der Waals surface area contributed by atoms with Crippen LogP contribution in [0, 0.1) is 6.92 Å². The Kier molecular flexibility index (Phi) is 2.64. The summed E-state index contributed by atoms with van der Waals surface area (Å²) in [4.78, 5) is 3.22. The summed E-state index contributed by atoms with van der Waals surface area (Å²) in [6.45, 7) is 2.75. The number of nitrogens with one attached hydrogen (secondary N) is 1. The van der Waals surface area contributed by atoms with Gasteiger partial charge >= 0.3 is 0 Å². The summed E-state index contributed by atoms with van der Waals surface area (Å²) in [5.41, 5.74) is 9.09. The molecule has 0 aliphatic rings. The van der Waals surface area contributed by atoms with E-state index < -0.39 is 0 Å². The Balaban J connectivity index is 2.62. The van der Waals surface area contributed by atoms with Gasteiger partial charge in [0.25, 0.3) is 0 Å². The predicted molar refractivity (Wildman–Crippen MR) is 62.3 cm³/mol. The molecule has 80 valence electrons. The topological polar surface area (TPSA) is 51.0 Å². The lowest BCUT2D eigenvalue weighted by molar-refractivity contribution is 0.418. The molecule has 1 aromatic heterocycles. The van der Waals surface area contributed by atoms with Gasteiger partial charge in [-0.1, -0.05) is 0 Å². The van der Waals surface area contributed by atoms with Crippen LogP contribution in [0.1, 0.15) is 11.1 Å². The lowest BCUT2D eigenvalue weighted by Gasteiger charge is -2.06. The van der Waals surface area contributed by atoms with Crippen LogP contribution < -0.4 is 10.5 Å². The van der Waals surface area contributed by atoms with Gasteiger partial charge < -0.3 is 15.5 Å². The third-order valence-electron chi connectivity index (χ3n) is 2.67. The number of hydrogen-bond acceptors (Lipinski definition) is 2. The fourth-order valence-corrected chi connectivity index (χ4v) is 1.86. The third kappa shape index (κ3) is 1.70. The number of hydrogen-bond donors (Lipinski definition) is 2. The zero-order valence-electron chi connectivity index (χ0n) is 9.13. The van der Waals surface area contributed by atoms with Crippen molar-refractivity contribution in [2.75, 3.05) is 13.7 Å². The van der Waals surface area contributed by atoms with Crippen molar-refractivity contribution < 1.29 is 4.74 Å². The molecule has 0 spiro atoms. The zero-order valence-corrected chi connectivity index (χ0v) is 9.13. The molecule has 0 saturated carbocycles. The van der Waals surface area contributed by atoms with E-state index in [1.165, 1.54) is 16.5 Å². The predicted octanol–water partition coefficient (Wildman–Crippen LogP) is 1.99. The van der Waals surface area contributed by atoms with Gasteiger partial charge in [-0.05, 0) is 43.1 Å². The van der Waals surface area contributed by atoms with E-state index in [1.54, 1.807) is 7.11 Å². The molecule has 1 heterocycles. The smallest absolute Gasteiger partial charge is 0.143 e. The Hall–Kier alpha value is -1.48. The van der Waals surface area contributed by atoms with Crippen LogP contribution in [-0.4, -0.2) is 18.6 Å². The van der Waals surface area contributed by atoms with Crippen molar-refractivity contribution in [3.8, 4) is 5.75 Å². The zero-order chi connectivity index (χ0) is 10.8. The fraction of sp³-hybridized carbons (Fsp3) is 0.333. The molecular weight excluding hydrogens is 188 g/mol. The first kappa shape index (κ1) is 10.1. The van der Waals surface area contributed by atoms with Gasteiger partial charge in [0.2, 0.25) is 0 Å². The van der Waals surface area contributed by atoms with Crippen molar-refractivity contribution in [1.29, 1.82) is 0 Å². The molecule has 0 saturated heterocycles. The second kappa shape index (κ2) is 3.95.